The molecule has 0 saturated heterocycles. The quantitative estimate of drug-likeness (QED) is 0.627. The molecule has 0 aliphatic heterocycles. The number of hydrogen-bond donors (Lipinski definition) is 1. The van der Waals surface area contributed by atoms with Crippen molar-refractivity contribution in [3.8, 4) is 16.5 Å². The molecular formula is C16H15N5O4S. The first-order valence-corrected chi connectivity index (χ1v) is 8.43. The summed E-state index contributed by atoms with van der Waals surface area (Å²) in [6.45, 7) is -0.633. The van der Waals surface area contributed by atoms with E-state index in [0.717, 1.165) is 9.67 Å². The number of hydrogen-bond acceptors (Lipinski definition) is 8. The van der Waals surface area contributed by atoms with Crippen molar-refractivity contribution >= 4 is 28.9 Å². The van der Waals surface area contributed by atoms with Gasteiger partial charge in [-0.15, -0.1) is 21.5 Å². The van der Waals surface area contributed by atoms with Crippen LogP contribution in [0.25, 0.3) is 10.7 Å². The van der Waals surface area contributed by atoms with Crippen LogP contribution >= 0.6 is 11.3 Å². The number of tetrazole rings is 1. The van der Waals surface area contributed by atoms with Crippen molar-refractivity contribution < 1.29 is 19.1 Å². The summed E-state index contributed by atoms with van der Waals surface area (Å²) < 4.78 is 9.96. The van der Waals surface area contributed by atoms with Crippen molar-refractivity contribution in [1.82, 2.24) is 20.2 Å². The lowest BCUT2D eigenvalue weighted by Crippen LogP contribution is -2.23. The molecule has 0 aliphatic rings. The summed E-state index contributed by atoms with van der Waals surface area (Å²) >= 11 is 1.47. The number of nitrogens with zero attached hydrogens (tertiary/aromatic N) is 4. The molecule has 10 heteroatoms. The van der Waals surface area contributed by atoms with E-state index in [0.29, 0.717) is 17.3 Å². The van der Waals surface area contributed by atoms with E-state index >= 15 is 0 Å². The topological polar surface area (TPSA) is 108 Å². The van der Waals surface area contributed by atoms with Crippen molar-refractivity contribution in [2.75, 3.05) is 19.0 Å². The Morgan fingerprint density at radius 2 is 2.04 bits per heavy atom. The normalized spacial score (nSPS) is 10.3. The Kier molecular flexibility index (Phi) is 5.54. The van der Waals surface area contributed by atoms with Crippen molar-refractivity contribution in [3.05, 3.63) is 41.8 Å². The molecule has 0 atom stereocenters. The van der Waals surface area contributed by atoms with Crippen LogP contribution in [0.3, 0.4) is 0 Å². The van der Waals surface area contributed by atoms with Gasteiger partial charge in [0.2, 0.25) is 5.82 Å². The van der Waals surface area contributed by atoms with E-state index in [1.54, 1.807) is 31.4 Å². The zero-order valence-electron chi connectivity index (χ0n) is 13.8. The molecule has 134 valence electrons. The Balaban J connectivity index is 1.45. The van der Waals surface area contributed by atoms with Crippen LogP contribution < -0.4 is 10.1 Å². The molecule has 2 aromatic heterocycles. The number of rotatable bonds is 7. The summed E-state index contributed by atoms with van der Waals surface area (Å²) in [5, 5.41) is 16.3. The van der Waals surface area contributed by atoms with E-state index in [2.05, 4.69) is 20.7 Å². The standard InChI is InChI=1S/C16H15N5O4S/c1-24-12-6-4-11(5-7-12)17-14(22)10-25-15(23)9-21-19-16(18-20-21)13-3-2-8-26-13/h2-8H,9-10H2,1H3,(H,17,22). The smallest absolute Gasteiger partial charge is 0.330 e. The second kappa shape index (κ2) is 8.21. The summed E-state index contributed by atoms with van der Waals surface area (Å²) in [5.41, 5.74) is 0.574. The minimum atomic E-state index is -0.634. The van der Waals surface area contributed by atoms with Gasteiger partial charge in [0.25, 0.3) is 5.91 Å². The molecule has 3 rings (SSSR count). The SMILES string of the molecule is COc1ccc(NC(=O)COC(=O)Cn2nnc(-c3cccs3)n2)cc1. The molecule has 0 saturated carbocycles. The van der Waals surface area contributed by atoms with Crippen LogP contribution in [-0.4, -0.2) is 45.8 Å². The number of amides is 1. The van der Waals surface area contributed by atoms with Crippen LogP contribution in [0.15, 0.2) is 41.8 Å². The van der Waals surface area contributed by atoms with Crippen LogP contribution in [0.4, 0.5) is 5.69 Å². The largest absolute Gasteiger partial charge is 0.497 e. The highest BCUT2D eigenvalue weighted by molar-refractivity contribution is 7.13. The first-order valence-electron chi connectivity index (χ1n) is 7.55. The third-order valence-electron chi connectivity index (χ3n) is 3.20. The van der Waals surface area contributed by atoms with Gasteiger partial charge in [0.15, 0.2) is 13.2 Å². The molecule has 0 aliphatic carbocycles. The van der Waals surface area contributed by atoms with Gasteiger partial charge in [-0.2, -0.15) is 4.80 Å². The number of methoxy groups -OCH3 is 1. The van der Waals surface area contributed by atoms with E-state index in [1.165, 1.54) is 11.3 Å². The first-order chi connectivity index (χ1) is 12.6. The third kappa shape index (κ3) is 4.63. The fourth-order valence-electron chi connectivity index (χ4n) is 1.99. The molecule has 1 N–H and O–H groups in total. The molecule has 9 nitrogen and oxygen atoms in total. The van der Waals surface area contributed by atoms with Gasteiger partial charge < -0.3 is 14.8 Å². The lowest BCUT2D eigenvalue weighted by molar-refractivity contribution is -0.148. The lowest BCUT2D eigenvalue weighted by atomic mass is 10.3. The molecule has 1 amide bonds. The average molecular weight is 373 g/mol. The van der Waals surface area contributed by atoms with Gasteiger partial charge in [-0.1, -0.05) is 6.07 Å². The van der Waals surface area contributed by atoms with Crippen molar-refractivity contribution in [3.63, 3.8) is 0 Å². The Morgan fingerprint density at radius 3 is 2.73 bits per heavy atom. The van der Waals surface area contributed by atoms with Gasteiger partial charge in [0.05, 0.1) is 12.0 Å². The lowest BCUT2D eigenvalue weighted by Gasteiger charge is -2.07. The van der Waals surface area contributed by atoms with E-state index in [4.69, 9.17) is 9.47 Å². The molecule has 0 spiro atoms. The number of aromatic nitrogens is 4. The zero-order chi connectivity index (χ0) is 18.4. The molecule has 2 heterocycles. The number of carbonyl (C=O) groups is 2. The van der Waals surface area contributed by atoms with Gasteiger partial charge in [-0.05, 0) is 40.9 Å². The summed E-state index contributed by atoms with van der Waals surface area (Å²) in [5.74, 6) is 0.0288. The fourth-order valence-corrected chi connectivity index (χ4v) is 2.64. The Bertz CT molecular complexity index is 876. The minimum absolute atomic E-state index is 0.228. The molecule has 1 aromatic carbocycles. The van der Waals surface area contributed by atoms with Crippen molar-refractivity contribution in [2.45, 2.75) is 6.54 Å². The molecule has 0 fully saturated rings. The fraction of sp³-hybridized carbons (Fsp3) is 0.188. The Hall–Kier alpha value is -3.27. The van der Waals surface area contributed by atoms with Gasteiger partial charge in [0.1, 0.15) is 5.75 Å². The maximum atomic E-state index is 11.8. The highest BCUT2D eigenvalue weighted by Crippen LogP contribution is 2.19. The van der Waals surface area contributed by atoms with Crippen LogP contribution in [0, 0.1) is 0 Å². The van der Waals surface area contributed by atoms with Crippen LogP contribution in [0.1, 0.15) is 0 Å². The number of thiophene rings is 1. The summed E-state index contributed by atoms with van der Waals surface area (Å²) in [7, 11) is 1.56. The van der Waals surface area contributed by atoms with Crippen molar-refractivity contribution in [1.29, 1.82) is 0 Å². The number of esters is 1. The number of nitrogens with one attached hydrogen (secondary N) is 1. The zero-order valence-corrected chi connectivity index (χ0v) is 14.6. The predicted octanol–water partition coefficient (Wildman–Crippen LogP) is 1.59. The highest BCUT2D eigenvalue weighted by atomic mass is 32.1. The number of anilines is 1. The minimum Gasteiger partial charge on any atom is -0.497 e. The molecule has 26 heavy (non-hydrogen) atoms. The average Bonchev–Trinajstić information content (AvgIpc) is 3.32. The third-order valence-corrected chi connectivity index (χ3v) is 4.07. The number of ether oxygens (including phenoxy) is 2. The summed E-state index contributed by atoms with van der Waals surface area (Å²) in [6, 6.07) is 10.5. The van der Waals surface area contributed by atoms with Gasteiger partial charge in [-0.25, -0.2) is 4.79 Å². The Morgan fingerprint density at radius 1 is 1.23 bits per heavy atom. The second-order valence-electron chi connectivity index (χ2n) is 5.06. The van der Waals surface area contributed by atoms with Crippen LogP contribution in [0.5, 0.6) is 5.75 Å². The molecule has 3 aromatic rings. The Labute approximate surface area is 152 Å². The van der Waals surface area contributed by atoms with Crippen molar-refractivity contribution in [2.24, 2.45) is 0 Å². The van der Waals surface area contributed by atoms with Gasteiger partial charge >= 0.3 is 5.97 Å². The molecule has 0 unspecified atom stereocenters. The maximum absolute atomic E-state index is 11.8. The van der Waals surface area contributed by atoms with E-state index < -0.39 is 18.5 Å². The molecule has 0 bridgehead atoms. The number of benzene rings is 1. The van der Waals surface area contributed by atoms with E-state index in [1.807, 2.05) is 17.5 Å². The monoisotopic (exact) mass is 373 g/mol. The van der Waals surface area contributed by atoms with Gasteiger partial charge in [-0.3, -0.25) is 4.79 Å². The second-order valence-corrected chi connectivity index (χ2v) is 6.01. The first kappa shape index (κ1) is 17.5. The van der Waals surface area contributed by atoms with Gasteiger partial charge in [0, 0.05) is 5.69 Å². The molecule has 0 radical (unpaired) electrons. The predicted molar refractivity (Wildman–Crippen MR) is 93.7 cm³/mol. The summed E-state index contributed by atoms with van der Waals surface area (Å²) in [6.07, 6.45) is 0. The highest BCUT2D eigenvalue weighted by Gasteiger charge is 2.12. The molecular weight excluding hydrogens is 358 g/mol. The van der Waals surface area contributed by atoms with Crippen LogP contribution in [0.2, 0.25) is 0 Å². The van der Waals surface area contributed by atoms with Crippen LogP contribution in [-0.2, 0) is 20.9 Å². The van der Waals surface area contributed by atoms with E-state index in [-0.39, 0.29) is 6.54 Å². The van der Waals surface area contributed by atoms with E-state index in [9.17, 15) is 9.59 Å². The maximum Gasteiger partial charge on any atom is 0.330 e. The summed E-state index contributed by atoms with van der Waals surface area (Å²) in [4.78, 5) is 25.6. The number of carbonyl (C=O) groups excluding carboxylic acids is 2.